The van der Waals surface area contributed by atoms with Crippen LogP contribution in [-0.4, -0.2) is 37.8 Å². The molecule has 1 aliphatic heterocycles. The predicted molar refractivity (Wildman–Crippen MR) is 95.3 cm³/mol. The van der Waals surface area contributed by atoms with E-state index in [0.29, 0.717) is 11.1 Å². The summed E-state index contributed by atoms with van der Waals surface area (Å²) in [6.07, 6.45) is 0.219. The molecule has 0 fully saturated rings. The highest BCUT2D eigenvalue weighted by molar-refractivity contribution is 7.86. The molecule has 0 aromatic heterocycles. The van der Waals surface area contributed by atoms with Crippen LogP contribution in [0.2, 0.25) is 0 Å². The fourth-order valence-electron chi connectivity index (χ4n) is 2.84. The van der Waals surface area contributed by atoms with Crippen molar-refractivity contribution in [2.75, 3.05) is 6.61 Å². The van der Waals surface area contributed by atoms with E-state index in [-0.39, 0.29) is 29.7 Å². The maximum atomic E-state index is 12.4. The van der Waals surface area contributed by atoms with E-state index in [1.54, 1.807) is 43.3 Å². The van der Waals surface area contributed by atoms with Crippen LogP contribution in [0.1, 0.15) is 39.6 Å². The van der Waals surface area contributed by atoms with Gasteiger partial charge < -0.3 is 0 Å². The summed E-state index contributed by atoms with van der Waals surface area (Å²) in [5.74, 6) is -0.723. The van der Waals surface area contributed by atoms with Crippen LogP contribution >= 0.6 is 0 Å². The number of hydrogen-bond donors (Lipinski definition) is 0. The van der Waals surface area contributed by atoms with Crippen LogP contribution in [0.5, 0.6) is 0 Å². The molecule has 1 atom stereocenters. The molecule has 0 spiro atoms. The Morgan fingerprint density at radius 2 is 1.50 bits per heavy atom. The lowest BCUT2D eigenvalue weighted by atomic mass is 10.1. The zero-order valence-electron chi connectivity index (χ0n) is 14.5. The van der Waals surface area contributed by atoms with Crippen molar-refractivity contribution in [3.05, 3.63) is 65.2 Å². The number of hydrogen-bond acceptors (Lipinski definition) is 5. The lowest BCUT2D eigenvalue weighted by Crippen LogP contribution is -2.38. The van der Waals surface area contributed by atoms with Crippen LogP contribution in [-0.2, 0) is 14.3 Å². The Hall–Kier alpha value is -2.51. The summed E-state index contributed by atoms with van der Waals surface area (Å²) in [5, 5.41) is 0. The molecule has 1 aliphatic rings. The Morgan fingerprint density at radius 3 is 2.04 bits per heavy atom. The molecule has 136 valence electrons. The molecule has 6 nitrogen and oxygen atoms in total. The van der Waals surface area contributed by atoms with Gasteiger partial charge >= 0.3 is 0 Å². The highest BCUT2D eigenvalue weighted by Gasteiger charge is 2.38. The van der Waals surface area contributed by atoms with Crippen LogP contribution in [0.4, 0.5) is 0 Å². The van der Waals surface area contributed by atoms with Gasteiger partial charge in [0.2, 0.25) is 0 Å². The van der Waals surface area contributed by atoms with Gasteiger partial charge in [-0.3, -0.25) is 18.7 Å². The summed E-state index contributed by atoms with van der Waals surface area (Å²) >= 11 is 0. The Balaban J connectivity index is 1.63. The molecule has 0 saturated heterocycles. The third-order valence-electron chi connectivity index (χ3n) is 4.35. The average Bonchev–Trinajstić information content (AvgIpc) is 2.86. The van der Waals surface area contributed by atoms with Crippen molar-refractivity contribution in [1.29, 1.82) is 0 Å². The highest BCUT2D eigenvalue weighted by atomic mass is 32.2. The largest absolute Gasteiger partial charge is 0.296 e. The number of aryl methyl sites for hydroxylation is 1. The van der Waals surface area contributed by atoms with Crippen molar-refractivity contribution in [2.45, 2.75) is 31.2 Å². The van der Waals surface area contributed by atoms with Crippen molar-refractivity contribution in [3.63, 3.8) is 0 Å². The van der Waals surface area contributed by atoms with Crippen molar-refractivity contribution < 1.29 is 22.2 Å². The summed E-state index contributed by atoms with van der Waals surface area (Å²) in [5.41, 5.74) is 1.69. The van der Waals surface area contributed by atoms with Crippen LogP contribution in [0.15, 0.2) is 53.4 Å². The van der Waals surface area contributed by atoms with E-state index in [1.807, 2.05) is 6.92 Å². The van der Waals surface area contributed by atoms with Gasteiger partial charge in [-0.1, -0.05) is 29.8 Å². The van der Waals surface area contributed by atoms with Gasteiger partial charge in [-0.05, 0) is 44.5 Å². The van der Waals surface area contributed by atoms with Gasteiger partial charge in [-0.15, -0.1) is 0 Å². The Labute approximate surface area is 152 Å². The van der Waals surface area contributed by atoms with E-state index < -0.39 is 16.2 Å². The van der Waals surface area contributed by atoms with Crippen molar-refractivity contribution in [3.8, 4) is 0 Å². The fraction of sp³-hybridized carbons (Fsp3) is 0.263. The minimum absolute atomic E-state index is 0.0801. The third kappa shape index (κ3) is 3.40. The van der Waals surface area contributed by atoms with Crippen LogP contribution in [0.3, 0.4) is 0 Å². The van der Waals surface area contributed by atoms with Crippen LogP contribution in [0.25, 0.3) is 0 Å². The number of amides is 2. The second-order valence-corrected chi connectivity index (χ2v) is 7.87. The molecule has 0 aliphatic carbocycles. The van der Waals surface area contributed by atoms with Crippen molar-refractivity contribution in [1.82, 2.24) is 4.90 Å². The maximum Gasteiger partial charge on any atom is 0.296 e. The smallest absolute Gasteiger partial charge is 0.271 e. The molecule has 2 aromatic carbocycles. The quantitative estimate of drug-likeness (QED) is 0.574. The Kier molecular flexibility index (Phi) is 4.93. The topological polar surface area (TPSA) is 80.8 Å². The first-order valence-corrected chi connectivity index (χ1v) is 9.65. The third-order valence-corrected chi connectivity index (χ3v) is 5.68. The van der Waals surface area contributed by atoms with E-state index in [2.05, 4.69) is 0 Å². The first-order chi connectivity index (χ1) is 12.3. The normalized spacial score (nSPS) is 15.2. The molecule has 0 bridgehead atoms. The van der Waals surface area contributed by atoms with E-state index in [1.165, 1.54) is 12.1 Å². The van der Waals surface area contributed by atoms with E-state index in [4.69, 9.17) is 4.18 Å². The van der Waals surface area contributed by atoms with Crippen LogP contribution < -0.4 is 0 Å². The lowest BCUT2D eigenvalue weighted by molar-refractivity contribution is 0.0580. The average molecular weight is 373 g/mol. The molecule has 7 heteroatoms. The van der Waals surface area contributed by atoms with E-state index in [9.17, 15) is 18.0 Å². The summed E-state index contributed by atoms with van der Waals surface area (Å²) in [6, 6.07) is 12.5. The minimum Gasteiger partial charge on any atom is -0.271 e. The number of fused-ring (bicyclic) bond motifs is 1. The molecule has 26 heavy (non-hydrogen) atoms. The van der Waals surface area contributed by atoms with Gasteiger partial charge in [0.25, 0.3) is 21.9 Å². The van der Waals surface area contributed by atoms with Crippen molar-refractivity contribution >= 4 is 21.9 Å². The Bertz CT molecular complexity index is 915. The van der Waals surface area contributed by atoms with Gasteiger partial charge in [0, 0.05) is 6.04 Å². The number of rotatable bonds is 6. The molecule has 3 rings (SSSR count). The maximum absolute atomic E-state index is 12.4. The second kappa shape index (κ2) is 7.01. The van der Waals surface area contributed by atoms with Gasteiger partial charge in [0.15, 0.2) is 0 Å². The molecule has 2 amide bonds. The molecule has 1 heterocycles. The number of imide groups is 1. The minimum atomic E-state index is -3.87. The number of benzene rings is 2. The Morgan fingerprint density at radius 1 is 0.962 bits per heavy atom. The van der Waals surface area contributed by atoms with Gasteiger partial charge in [-0.2, -0.15) is 8.42 Å². The molecule has 2 aromatic rings. The second-order valence-electron chi connectivity index (χ2n) is 6.25. The molecule has 0 saturated carbocycles. The first-order valence-electron chi connectivity index (χ1n) is 8.24. The van der Waals surface area contributed by atoms with E-state index in [0.717, 1.165) is 10.5 Å². The van der Waals surface area contributed by atoms with Gasteiger partial charge in [0.1, 0.15) is 0 Å². The first kappa shape index (κ1) is 18.3. The fourth-order valence-corrected chi connectivity index (χ4v) is 3.76. The zero-order chi connectivity index (χ0) is 18.9. The lowest BCUT2D eigenvalue weighted by Gasteiger charge is -2.22. The van der Waals surface area contributed by atoms with Gasteiger partial charge in [0.05, 0.1) is 22.6 Å². The number of nitrogens with zero attached hydrogens (tertiary/aromatic N) is 1. The zero-order valence-corrected chi connectivity index (χ0v) is 15.3. The summed E-state index contributed by atoms with van der Waals surface area (Å²) in [4.78, 5) is 26.1. The monoisotopic (exact) mass is 373 g/mol. The van der Waals surface area contributed by atoms with Crippen LogP contribution in [0, 0.1) is 6.92 Å². The van der Waals surface area contributed by atoms with Gasteiger partial charge in [-0.25, -0.2) is 0 Å². The molecular weight excluding hydrogens is 354 g/mol. The summed E-state index contributed by atoms with van der Waals surface area (Å²) in [6.45, 7) is 3.44. The standard InChI is InChI=1S/C19H19NO5S/c1-13-7-9-15(10-8-13)26(23,24)25-12-11-14(2)20-18(21)16-5-3-4-6-17(16)19(20)22/h3-10,14H,11-12H2,1-2H3. The number of carbonyl (C=O) groups is 2. The molecular formula is C19H19NO5S. The molecule has 0 radical (unpaired) electrons. The molecule has 1 unspecified atom stereocenters. The highest BCUT2D eigenvalue weighted by Crippen LogP contribution is 2.25. The molecule has 0 N–H and O–H groups in total. The van der Waals surface area contributed by atoms with E-state index >= 15 is 0 Å². The summed E-state index contributed by atoms with van der Waals surface area (Å²) in [7, 11) is -3.87. The number of carbonyl (C=O) groups excluding carboxylic acids is 2. The SMILES string of the molecule is Cc1ccc(S(=O)(=O)OCCC(C)N2C(=O)c3ccccc3C2=O)cc1. The van der Waals surface area contributed by atoms with Crippen molar-refractivity contribution in [2.24, 2.45) is 0 Å². The predicted octanol–water partition coefficient (Wildman–Crippen LogP) is 2.78. The summed E-state index contributed by atoms with van der Waals surface area (Å²) < 4.78 is 29.4.